The van der Waals surface area contributed by atoms with Gasteiger partial charge in [-0.3, -0.25) is 4.79 Å². The van der Waals surface area contributed by atoms with Crippen molar-refractivity contribution in [3.05, 3.63) is 0 Å². The first-order valence-electron chi connectivity index (χ1n) is 10.3. The van der Waals surface area contributed by atoms with Crippen LogP contribution in [0.3, 0.4) is 0 Å². The Labute approximate surface area is 142 Å². The molecular weight excluding hydrogens is 284 g/mol. The zero-order chi connectivity index (χ0) is 16.1. The molecule has 1 aliphatic carbocycles. The van der Waals surface area contributed by atoms with E-state index in [2.05, 4.69) is 16.7 Å². The van der Waals surface area contributed by atoms with Crippen LogP contribution < -0.4 is 0 Å². The van der Waals surface area contributed by atoms with Crippen molar-refractivity contribution in [3.63, 3.8) is 0 Å². The summed E-state index contributed by atoms with van der Waals surface area (Å²) in [6.07, 6.45) is 15.1. The van der Waals surface area contributed by atoms with E-state index in [1.807, 2.05) is 0 Å². The second kappa shape index (κ2) is 8.00. The third kappa shape index (κ3) is 4.10. The van der Waals surface area contributed by atoms with Crippen LogP contribution in [-0.4, -0.2) is 47.4 Å². The smallest absolute Gasteiger partial charge is 0.223 e. The van der Waals surface area contributed by atoms with Gasteiger partial charge in [-0.25, -0.2) is 0 Å². The highest BCUT2D eigenvalue weighted by molar-refractivity contribution is 5.79. The number of likely N-dealkylation sites (tertiary alicyclic amines) is 2. The van der Waals surface area contributed by atoms with Gasteiger partial charge in [0.1, 0.15) is 0 Å². The molecule has 1 amide bonds. The van der Waals surface area contributed by atoms with Crippen molar-refractivity contribution in [2.45, 2.75) is 89.5 Å². The van der Waals surface area contributed by atoms with Gasteiger partial charge in [0.15, 0.2) is 0 Å². The fourth-order valence-corrected chi connectivity index (χ4v) is 5.16. The maximum Gasteiger partial charge on any atom is 0.223 e. The highest BCUT2D eigenvalue weighted by atomic mass is 16.2. The Kier molecular flexibility index (Phi) is 6.01. The van der Waals surface area contributed by atoms with Gasteiger partial charge >= 0.3 is 0 Å². The first-order valence-corrected chi connectivity index (χ1v) is 10.3. The number of rotatable bonds is 5. The maximum atomic E-state index is 12.6. The molecule has 3 aliphatic rings. The lowest BCUT2D eigenvalue weighted by Gasteiger charge is -2.41. The second-order valence-corrected chi connectivity index (χ2v) is 8.28. The third-order valence-electron chi connectivity index (χ3n) is 6.68. The van der Waals surface area contributed by atoms with E-state index in [9.17, 15) is 4.79 Å². The van der Waals surface area contributed by atoms with Gasteiger partial charge in [-0.2, -0.15) is 0 Å². The van der Waals surface area contributed by atoms with E-state index in [1.165, 1.54) is 83.8 Å². The van der Waals surface area contributed by atoms with E-state index in [4.69, 9.17) is 0 Å². The average Bonchev–Trinajstić information content (AvgIpc) is 2.75. The van der Waals surface area contributed by atoms with E-state index in [-0.39, 0.29) is 5.54 Å². The number of carbonyl (C=O) groups excluding carboxylic acids is 1. The summed E-state index contributed by atoms with van der Waals surface area (Å²) in [5.74, 6) is 1.24. The monoisotopic (exact) mass is 320 g/mol. The first kappa shape index (κ1) is 17.3. The minimum absolute atomic E-state index is 0.218. The molecule has 1 spiro atoms. The van der Waals surface area contributed by atoms with E-state index < -0.39 is 0 Å². The first-order chi connectivity index (χ1) is 11.2. The molecule has 0 aromatic rings. The predicted octanol–water partition coefficient (Wildman–Crippen LogP) is 4.21. The van der Waals surface area contributed by atoms with Gasteiger partial charge in [-0.05, 0) is 64.0 Å². The third-order valence-corrected chi connectivity index (χ3v) is 6.68. The molecule has 1 saturated carbocycles. The summed E-state index contributed by atoms with van der Waals surface area (Å²) in [6, 6.07) is 0. The largest absolute Gasteiger partial charge is 0.337 e. The highest BCUT2D eigenvalue weighted by Gasteiger charge is 2.46. The SMILES string of the molecule is CCCCN1CCCC2(CCC(=O)N2CC2CCCCC2)CC1. The van der Waals surface area contributed by atoms with E-state index in [1.54, 1.807) is 0 Å². The van der Waals surface area contributed by atoms with Crippen molar-refractivity contribution in [3.8, 4) is 0 Å². The van der Waals surface area contributed by atoms with Gasteiger partial charge in [-0.1, -0.05) is 32.6 Å². The van der Waals surface area contributed by atoms with Gasteiger partial charge in [-0.15, -0.1) is 0 Å². The molecule has 23 heavy (non-hydrogen) atoms. The number of unbranched alkanes of at least 4 members (excludes halogenated alkanes) is 1. The second-order valence-electron chi connectivity index (χ2n) is 8.28. The summed E-state index contributed by atoms with van der Waals surface area (Å²) in [4.78, 5) is 17.6. The Hall–Kier alpha value is -0.570. The minimum atomic E-state index is 0.218. The summed E-state index contributed by atoms with van der Waals surface area (Å²) in [5, 5.41) is 0. The van der Waals surface area contributed by atoms with Crippen LogP contribution in [0.1, 0.15) is 84.0 Å². The van der Waals surface area contributed by atoms with Crippen LogP contribution in [0.2, 0.25) is 0 Å². The predicted molar refractivity (Wildman–Crippen MR) is 95.5 cm³/mol. The molecule has 2 saturated heterocycles. The lowest BCUT2D eigenvalue weighted by molar-refractivity contribution is -0.132. The standard InChI is InChI=1S/C20H36N2O/c1-2-3-14-21-15-7-11-20(13-16-21)12-10-19(23)22(20)17-18-8-5-4-6-9-18/h18H,2-17H2,1H3. The van der Waals surface area contributed by atoms with Crippen LogP contribution in [0.5, 0.6) is 0 Å². The lowest BCUT2D eigenvalue weighted by Crippen LogP contribution is -2.48. The van der Waals surface area contributed by atoms with E-state index >= 15 is 0 Å². The Morgan fingerprint density at radius 3 is 2.65 bits per heavy atom. The van der Waals surface area contributed by atoms with Gasteiger partial charge < -0.3 is 9.80 Å². The normalized spacial score (nSPS) is 31.0. The van der Waals surface area contributed by atoms with Crippen molar-refractivity contribution >= 4 is 5.91 Å². The van der Waals surface area contributed by atoms with Crippen LogP contribution in [0.15, 0.2) is 0 Å². The number of carbonyl (C=O) groups is 1. The number of amides is 1. The molecule has 0 aromatic heterocycles. The molecule has 1 atom stereocenters. The van der Waals surface area contributed by atoms with Crippen LogP contribution in [0, 0.1) is 5.92 Å². The summed E-state index contributed by atoms with van der Waals surface area (Å²) in [5.41, 5.74) is 0.218. The Morgan fingerprint density at radius 1 is 1.04 bits per heavy atom. The van der Waals surface area contributed by atoms with Crippen molar-refractivity contribution in [2.24, 2.45) is 5.92 Å². The fraction of sp³-hybridized carbons (Fsp3) is 0.950. The summed E-state index contributed by atoms with van der Waals surface area (Å²) in [7, 11) is 0. The van der Waals surface area contributed by atoms with E-state index in [0.717, 1.165) is 25.3 Å². The molecule has 1 unspecified atom stereocenters. The molecular formula is C20H36N2O. The van der Waals surface area contributed by atoms with Crippen molar-refractivity contribution in [1.29, 1.82) is 0 Å². The molecule has 0 bridgehead atoms. The molecule has 3 rings (SSSR count). The van der Waals surface area contributed by atoms with Crippen molar-refractivity contribution in [1.82, 2.24) is 9.80 Å². The Balaban J connectivity index is 1.62. The zero-order valence-electron chi connectivity index (χ0n) is 15.2. The fourth-order valence-electron chi connectivity index (χ4n) is 5.16. The van der Waals surface area contributed by atoms with Crippen LogP contribution >= 0.6 is 0 Å². The molecule has 0 N–H and O–H groups in total. The lowest BCUT2D eigenvalue weighted by atomic mass is 9.84. The van der Waals surface area contributed by atoms with Crippen LogP contribution in [-0.2, 0) is 4.79 Å². The quantitative estimate of drug-likeness (QED) is 0.757. The molecule has 3 fully saturated rings. The van der Waals surface area contributed by atoms with Crippen LogP contribution in [0.25, 0.3) is 0 Å². The van der Waals surface area contributed by atoms with Gasteiger partial charge in [0, 0.05) is 25.0 Å². The topological polar surface area (TPSA) is 23.6 Å². The zero-order valence-corrected chi connectivity index (χ0v) is 15.2. The summed E-state index contributed by atoms with van der Waals surface area (Å²) < 4.78 is 0. The molecule has 0 aromatic carbocycles. The average molecular weight is 321 g/mol. The maximum absolute atomic E-state index is 12.6. The van der Waals surface area contributed by atoms with E-state index in [0.29, 0.717) is 5.91 Å². The molecule has 3 nitrogen and oxygen atoms in total. The van der Waals surface area contributed by atoms with Crippen molar-refractivity contribution in [2.75, 3.05) is 26.2 Å². The van der Waals surface area contributed by atoms with Gasteiger partial charge in [0.2, 0.25) is 5.91 Å². The van der Waals surface area contributed by atoms with Gasteiger partial charge in [0.25, 0.3) is 0 Å². The highest BCUT2D eigenvalue weighted by Crippen LogP contribution is 2.40. The van der Waals surface area contributed by atoms with Gasteiger partial charge in [0.05, 0.1) is 0 Å². The summed E-state index contributed by atoms with van der Waals surface area (Å²) in [6.45, 7) is 7.04. The minimum Gasteiger partial charge on any atom is -0.337 e. The molecule has 132 valence electrons. The molecule has 3 heteroatoms. The number of hydrogen-bond acceptors (Lipinski definition) is 2. The Bertz CT molecular complexity index is 391. The Morgan fingerprint density at radius 2 is 1.87 bits per heavy atom. The summed E-state index contributed by atoms with van der Waals surface area (Å²) >= 11 is 0. The van der Waals surface area contributed by atoms with Crippen molar-refractivity contribution < 1.29 is 4.79 Å². The molecule has 2 heterocycles. The molecule has 2 aliphatic heterocycles. The van der Waals surface area contributed by atoms with Crippen LogP contribution in [0.4, 0.5) is 0 Å². The number of nitrogens with zero attached hydrogens (tertiary/aromatic N) is 2. The number of hydrogen-bond donors (Lipinski definition) is 0. The molecule has 0 radical (unpaired) electrons.